The lowest BCUT2D eigenvalue weighted by Gasteiger charge is -2.36. The van der Waals surface area contributed by atoms with Gasteiger partial charge >= 0.3 is 0 Å². The molecule has 0 aromatic heterocycles. The summed E-state index contributed by atoms with van der Waals surface area (Å²) in [6, 6.07) is 14.5. The average Bonchev–Trinajstić information content (AvgIpc) is 3.09. The number of nitrogens with zero attached hydrogens (tertiary/aromatic N) is 1. The van der Waals surface area contributed by atoms with Crippen molar-refractivity contribution in [2.45, 2.75) is 19.3 Å². The number of carbonyl (C=O) groups is 1. The van der Waals surface area contributed by atoms with Crippen LogP contribution in [0.2, 0.25) is 0 Å². The molecule has 0 aliphatic carbocycles. The van der Waals surface area contributed by atoms with Gasteiger partial charge in [0.25, 0.3) is 5.91 Å². The summed E-state index contributed by atoms with van der Waals surface area (Å²) >= 11 is 0. The van der Waals surface area contributed by atoms with Crippen molar-refractivity contribution in [1.29, 1.82) is 0 Å². The summed E-state index contributed by atoms with van der Waals surface area (Å²) in [5.41, 5.74) is 3.58. The number of sulfone groups is 1. The summed E-state index contributed by atoms with van der Waals surface area (Å²) < 4.78 is 29.7. The minimum atomic E-state index is -3.15. The highest BCUT2D eigenvalue weighted by molar-refractivity contribution is 7.91. The fourth-order valence-corrected chi connectivity index (χ4v) is 4.97. The van der Waals surface area contributed by atoms with E-state index in [-0.39, 0.29) is 24.0 Å². The van der Waals surface area contributed by atoms with Gasteiger partial charge in [-0.1, -0.05) is 36.4 Å². The van der Waals surface area contributed by atoms with E-state index in [1.54, 1.807) is 11.0 Å². The van der Waals surface area contributed by atoms with Gasteiger partial charge in [0.15, 0.2) is 9.84 Å². The fraction of sp³-hybridized carbons (Fsp3) is 0.316. The molecule has 0 N–H and O–H groups in total. The summed E-state index contributed by atoms with van der Waals surface area (Å²) in [6.45, 7) is 1.32. The van der Waals surface area contributed by atoms with E-state index < -0.39 is 15.9 Å². The average molecular weight is 357 g/mol. The normalized spacial score (nSPS) is 21.8. The molecule has 1 atom stereocenters. The van der Waals surface area contributed by atoms with Crippen LogP contribution >= 0.6 is 0 Å². The summed E-state index contributed by atoms with van der Waals surface area (Å²) in [7, 11) is -3.15. The van der Waals surface area contributed by atoms with Crippen LogP contribution in [0.5, 0.6) is 0 Å². The van der Waals surface area contributed by atoms with Gasteiger partial charge in [-0.3, -0.25) is 4.79 Å². The molecule has 2 aliphatic heterocycles. The van der Waals surface area contributed by atoms with Gasteiger partial charge in [0.2, 0.25) is 0 Å². The summed E-state index contributed by atoms with van der Waals surface area (Å²) in [4.78, 5) is 14.8. The SMILES string of the molecule is O=C(c1ccc2c(c1)COC2)N1CCS(=O)(=O)CC1c1ccccc1. The number of benzene rings is 2. The van der Waals surface area contributed by atoms with Crippen LogP contribution in [0.4, 0.5) is 0 Å². The Bertz CT molecular complexity index is 908. The Labute approximate surface area is 147 Å². The highest BCUT2D eigenvalue weighted by Crippen LogP contribution is 2.29. The predicted molar refractivity (Wildman–Crippen MR) is 93.8 cm³/mol. The van der Waals surface area contributed by atoms with Crippen molar-refractivity contribution in [3.8, 4) is 0 Å². The zero-order valence-electron chi connectivity index (χ0n) is 13.7. The van der Waals surface area contributed by atoms with E-state index in [0.29, 0.717) is 18.8 Å². The number of ether oxygens (including phenoxy) is 1. The van der Waals surface area contributed by atoms with Crippen molar-refractivity contribution in [3.05, 3.63) is 70.8 Å². The van der Waals surface area contributed by atoms with Crippen molar-refractivity contribution < 1.29 is 17.9 Å². The zero-order valence-corrected chi connectivity index (χ0v) is 14.5. The molecule has 2 aromatic rings. The summed E-state index contributed by atoms with van der Waals surface area (Å²) in [5.74, 6) is -0.147. The maximum Gasteiger partial charge on any atom is 0.254 e. The molecule has 0 bridgehead atoms. The first kappa shape index (κ1) is 16.3. The maximum atomic E-state index is 13.1. The third-order valence-corrected chi connectivity index (χ3v) is 6.47. The van der Waals surface area contributed by atoms with Crippen molar-refractivity contribution in [2.75, 3.05) is 18.1 Å². The van der Waals surface area contributed by atoms with Crippen LogP contribution in [-0.2, 0) is 27.8 Å². The van der Waals surface area contributed by atoms with Gasteiger partial charge in [-0.2, -0.15) is 0 Å². The van der Waals surface area contributed by atoms with Crippen LogP contribution in [0.25, 0.3) is 0 Å². The summed E-state index contributed by atoms with van der Waals surface area (Å²) in [5, 5.41) is 0. The lowest BCUT2D eigenvalue weighted by molar-refractivity contribution is 0.0697. The smallest absolute Gasteiger partial charge is 0.254 e. The second-order valence-electron chi connectivity index (χ2n) is 6.52. The lowest BCUT2D eigenvalue weighted by Crippen LogP contribution is -2.46. The van der Waals surface area contributed by atoms with Gasteiger partial charge in [0.05, 0.1) is 30.8 Å². The Kier molecular flexibility index (Phi) is 4.09. The van der Waals surface area contributed by atoms with Crippen LogP contribution in [0.15, 0.2) is 48.5 Å². The topological polar surface area (TPSA) is 63.7 Å². The van der Waals surface area contributed by atoms with Gasteiger partial charge in [0, 0.05) is 12.1 Å². The minimum absolute atomic E-state index is 0.0100. The minimum Gasteiger partial charge on any atom is -0.372 e. The second-order valence-corrected chi connectivity index (χ2v) is 8.74. The Morgan fingerprint density at radius 2 is 1.80 bits per heavy atom. The highest BCUT2D eigenvalue weighted by atomic mass is 32.2. The molecule has 6 heteroatoms. The van der Waals surface area contributed by atoms with Crippen molar-refractivity contribution in [2.24, 2.45) is 0 Å². The fourth-order valence-electron chi connectivity index (χ4n) is 3.47. The number of hydrogen-bond donors (Lipinski definition) is 0. The Morgan fingerprint density at radius 1 is 1.04 bits per heavy atom. The first-order valence-electron chi connectivity index (χ1n) is 8.29. The molecular formula is C19H19NO4S. The molecule has 1 saturated heterocycles. The quantitative estimate of drug-likeness (QED) is 0.827. The molecule has 5 nitrogen and oxygen atoms in total. The standard InChI is InChI=1S/C19H19NO4S/c21-19(15-6-7-16-11-24-12-17(16)10-15)20-8-9-25(22,23)13-18(20)14-4-2-1-3-5-14/h1-7,10,18H,8-9,11-13H2. The molecule has 0 saturated carbocycles. The van der Waals surface area contributed by atoms with E-state index in [2.05, 4.69) is 0 Å². The highest BCUT2D eigenvalue weighted by Gasteiger charge is 2.35. The van der Waals surface area contributed by atoms with E-state index in [9.17, 15) is 13.2 Å². The van der Waals surface area contributed by atoms with Crippen LogP contribution in [0, 0.1) is 0 Å². The Hall–Kier alpha value is -2.18. The van der Waals surface area contributed by atoms with Gasteiger partial charge in [0.1, 0.15) is 0 Å². The first-order chi connectivity index (χ1) is 12.0. The molecule has 0 spiro atoms. The zero-order chi connectivity index (χ0) is 17.4. The van der Waals surface area contributed by atoms with Crippen LogP contribution in [-0.4, -0.2) is 37.3 Å². The van der Waals surface area contributed by atoms with Gasteiger partial charge in [-0.15, -0.1) is 0 Å². The molecule has 1 unspecified atom stereocenters. The molecule has 2 aliphatic rings. The molecule has 2 heterocycles. The van der Waals surface area contributed by atoms with Gasteiger partial charge in [-0.25, -0.2) is 8.42 Å². The molecule has 1 amide bonds. The third-order valence-electron chi connectivity index (χ3n) is 4.84. The molecule has 25 heavy (non-hydrogen) atoms. The number of carbonyl (C=O) groups excluding carboxylic acids is 1. The number of amides is 1. The molecule has 4 rings (SSSR count). The van der Waals surface area contributed by atoms with Crippen molar-refractivity contribution in [1.82, 2.24) is 4.90 Å². The summed E-state index contributed by atoms with van der Waals surface area (Å²) in [6.07, 6.45) is 0. The lowest BCUT2D eigenvalue weighted by atomic mass is 10.0. The van der Waals surface area contributed by atoms with Gasteiger partial charge < -0.3 is 9.64 Å². The maximum absolute atomic E-state index is 13.1. The molecule has 0 radical (unpaired) electrons. The largest absolute Gasteiger partial charge is 0.372 e. The van der Waals surface area contributed by atoms with E-state index in [1.165, 1.54) is 0 Å². The molecular weight excluding hydrogens is 338 g/mol. The van der Waals surface area contributed by atoms with Crippen molar-refractivity contribution >= 4 is 15.7 Å². The molecule has 130 valence electrons. The van der Waals surface area contributed by atoms with Crippen LogP contribution < -0.4 is 0 Å². The monoisotopic (exact) mass is 357 g/mol. The third kappa shape index (κ3) is 3.19. The number of rotatable bonds is 2. The van der Waals surface area contributed by atoms with Crippen molar-refractivity contribution in [3.63, 3.8) is 0 Å². The number of fused-ring (bicyclic) bond motifs is 1. The van der Waals surface area contributed by atoms with Crippen LogP contribution in [0.3, 0.4) is 0 Å². The van der Waals surface area contributed by atoms with Gasteiger partial charge in [-0.05, 0) is 28.8 Å². The molecule has 1 fully saturated rings. The molecule has 2 aromatic carbocycles. The second kappa shape index (κ2) is 6.28. The Morgan fingerprint density at radius 3 is 2.60 bits per heavy atom. The van der Waals surface area contributed by atoms with E-state index in [4.69, 9.17) is 4.74 Å². The predicted octanol–water partition coefficient (Wildman–Crippen LogP) is 2.33. The number of hydrogen-bond acceptors (Lipinski definition) is 4. The Balaban J connectivity index is 1.68. The van der Waals surface area contributed by atoms with E-state index in [1.807, 2.05) is 42.5 Å². The van der Waals surface area contributed by atoms with E-state index >= 15 is 0 Å². The van der Waals surface area contributed by atoms with E-state index in [0.717, 1.165) is 16.7 Å². The van der Waals surface area contributed by atoms with Crippen LogP contribution in [0.1, 0.15) is 33.1 Å². The first-order valence-corrected chi connectivity index (χ1v) is 10.1.